The second-order valence-corrected chi connectivity index (χ2v) is 4.88. The Morgan fingerprint density at radius 1 is 1.10 bits per heavy atom. The van der Waals surface area contributed by atoms with Crippen LogP contribution >= 0.6 is 0 Å². The molecule has 20 heavy (non-hydrogen) atoms. The molecule has 0 aliphatic carbocycles. The molecular weight excluding hydrogens is 255 g/mol. The summed E-state index contributed by atoms with van der Waals surface area (Å²) < 4.78 is 18.6. The number of benzene rings is 2. The number of fused-ring (bicyclic) bond motifs is 1. The number of Topliss-reactive ketones (excluding diaryl/α,β-unsaturated/α-hetero) is 1. The highest BCUT2D eigenvalue weighted by atomic mass is 19.1. The van der Waals surface area contributed by atoms with Crippen LogP contribution in [-0.2, 0) is 6.42 Å². The number of furan rings is 1. The van der Waals surface area contributed by atoms with Gasteiger partial charge < -0.3 is 4.42 Å². The molecule has 0 aliphatic heterocycles. The Bertz CT molecular complexity index is 769. The van der Waals surface area contributed by atoms with E-state index in [9.17, 15) is 9.18 Å². The average molecular weight is 268 g/mol. The van der Waals surface area contributed by atoms with Gasteiger partial charge >= 0.3 is 0 Å². The van der Waals surface area contributed by atoms with E-state index in [4.69, 9.17) is 4.42 Å². The molecule has 0 aliphatic rings. The summed E-state index contributed by atoms with van der Waals surface area (Å²) in [6.07, 6.45) is 0.280. The SMILES string of the molecule is Cc1ccc(CC(=O)c2cc3cc(F)ccc3o2)cc1. The van der Waals surface area contributed by atoms with Gasteiger partial charge in [0.05, 0.1) is 0 Å². The zero-order valence-electron chi connectivity index (χ0n) is 11.0. The maximum absolute atomic E-state index is 13.1. The number of ketones is 1. The second-order valence-electron chi connectivity index (χ2n) is 4.88. The molecule has 1 aromatic heterocycles. The lowest BCUT2D eigenvalue weighted by atomic mass is 10.1. The molecule has 0 saturated heterocycles. The lowest BCUT2D eigenvalue weighted by molar-refractivity contribution is 0.0968. The van der Waals surface area contributed by atoms with Gasteiger partial charge in [0.25, 0.3) is 0 Å². The molecule has 100 valence electrons. The molecule has 0 unspecified atom stereocenters. The number of carbonyl (C=O) groups excluding carboxylic acids is 1. The summed E-state index contributed by atoms with van der Waals surface area (Å²) in [7, 11) is 0. The molecule has 0 spiro atoms. The van der Waals surface area contributed by atoms with Crippen molar-refractivity contribution >= 4 is 16.8 Å². The van der Waals surface area contributed by atoms with Gasteiger partial charge in [-0.25, -0.2) is 4.39 Å². The highest BCUT2D eigenvalue weighted by Gasteiger charge is 2.13. The van der Waals surface area contributed by atoms with Crippen molar-refractivity contribution in [2.75, 3.05) is 0 Å². The van der Waals surface area contributed by atoms with Crippen LogP contribution in [0.5, 0.6) is 0 Å². The third kappa shape index (κ3) is 2.48. The topological polar surface area (TPSA) is 30.2 Å². The Balaban J connectivity index is 1.86. The molecule has 1 heterocycles. The number of rotatable bonds is 3. The van der Waals surface area contributed by atoms with Crippen LogP contribution in [0.15, 0.2) is 52.9 Å². The zero-order chi connectivity index (χ0) is 14.1. The summed E-state index contributed by atoms with van der Waals surface area (Å²) in [6.45, 7) is 2.00. The van der Waals surface area contributed by atoms with E-state index in [-0.39, 0.29) is 23.8 Å². The minimum Gasteiger partial charge on any atom is -0.453 e. The van der Waals surface area contributed by atoms with Gasteiger partial charge in [-0.15, -0.1) is 0 Å². The lowest BCUT2D eigenvalue weighted by Crippen LogP contribution is -2.01. The van der Waals surface area contributed by atoms with Crippen molar-refractivity contribution in [3.8, 4) is 0 Å². The van der Waals surface area contributed by atoms with Crippen LogP contribution in [0, 0.1) is 12.7 Å². The molecule has 3 rings (SSSR count). The molecule has 0 fully saturated rings. The molecule has 0 amide bonds. The van der Waals surface area contributed by atoms with E-state index in [0.717, 1.165) is 11.1 Å². The molecule has 3 aromatic rings. The third-order valence-corrected chi connectivity index (χ3v) is 3.24. The predicted octanol–water partition coefficient (Wildman–Crippen LogP) is 4.31. The van der Waals surface area contributed by atoms with Crippen LogP contribution in [0.1, 0.15) is 21.7 Å². The van der Waals surface area contributed by atoms with E-state index in [1.807, 2.05) is 31.2 Å². The van der Waals surface area contributed by atoms with E-state index in [1.54, 1.807) is 6.07 Å². The van der Waals surface area contributed by atoms with Crippen molar-refractivity contribution in [2.45, 2.75) is 13.3 Å². The lowest BCUT2D eigenvalue weighted by Gasteiger charge is -1.99. The minimum absolute atomic E-state index is 0.106. The van der Waals surface area contributed by atoms with Crippen LogP contribution in [0.4, 0.5) is 4.39 Å². The summed E-state index contributed by atoms with van der Waals surface area (Å²) in [4.78, 5) is 12.2. The Hall–Kier alpha value is -2.42. The van der Waals surface area contributed by atoms with Gasteiger partial charge in [0.2, 0.25) is 5.78 Å². The summed E-state index contributed by atoms with van der Waals surface area (Å²) in [6, 6.07) is 13.6. The number of hydrogen-bond acceptors (Lipinski definition) is 2. The molecule has 0 radical (unpaired) electrons. The Morgan fingerprint density at radius 2 is 1.85 bits per heavy atom. The standard InChI is InChI=1S/C17H13FO2/c1-11-2-4-12(5-3-11)8-15(19)17-10-13-9-14(18)6-7-16(13)20-17/h2-7,9-10H,8H2,1H3. The summed E-state index contributed by atoms with van der Waals surface area (Å²) in [5.41, 5.74) is 2.62. The molecule has 2 nitrogen and oxygen atoms in total. The van der Waals surface area contributed by atoms with E-state index in [2.05, 4.69) is 0 Å². The second kappa shape index (κ2) is 4.93. The Labute approximate surface area is 115 Å². The molecule has 3 heteroatoms. The van der Waals surface area contributed by atoms with Gasteiger partial charge in [0, 0.05) is 11.8 Å². The van der Waals surface area contributed by atoms with Crippen molar-refractivity contribution in [3.05, 3.63) is 71.2 Å². The fraction of sp³-hybridized carbons (Fsp3) is 0.118. The number of aryl methyl sites for hydroxylation is 1. The zero-order valence-corrected chi connectivity index (χ0v) is 11.0. The van der Waals surface area contributed by atoms with Crippen molar-refractivity contribution in [1.82, 2.24) is 0 Å². The quantitative estimate of drug-likeness (QED) is 0.663. The third-order valence-electron chi connectivity index (χ3n) is 3.24. The fourth-order valence-corrected chi connectivity index (χ4v) is 2.13. The van der Waals surface area contributed by atoms with Gasteiger partial charge in [-0.3, -0.25) is 4.79 Å². The van der Waals surface area contributed by atoms with E-state index in [0.29, 0.717) is 11.0 Å². The number of halogens is 1. The van der Waals surface area contributed by atoms with Crippen LogP contribution in [0.25, 0.3) is 11.0 Å². The maximum Gasteiger partial charge on any atom is 0.202 e. The maximum atomic E-state index is 13.1. The van der Waals surface area contributed by atoms with Crippen molar-refractivity contribution < 1.29 is 13.6 Å². The minimum atomic E-state index is -0.337. The highest BCUT2D eigenvalue weighted by Crippen LogP contribution is 2.21. The monoisotopic (exact) mass is 268 g/mol. The molecule has 0 N–H and O–H groups in total. The van der Waals surface area contributed by atoms with Crippen LogP contribution in [0.3, 0.4) is 0 Å². The van der Waals surface area contributed by atoms with E-state index >= 15 is 0 Å². The smallest absolute Gasteiger partial charge is 0.202 e. The first-order valence-corrected chi connectivity index (χ1v) is 6.40. The first-order valence-electron chi connectivity index (χ1n) is 6.40. The van der Waals surface area contributed by atoms with Gasteiger partial charge in [-0.05, 0) is 36.8 Å². The van der Waals surface area contributed by atoms with Crippen molar-refractivity contribution in [2.24, 2.45) is 0 Å². The Kier molecular flexibility index (Phi) is 3.11. The summed E-state index contributed by atoms with van der Waals surface area (Å²) in [5.74, 6) is -0.174. The number of carbonyl (C=O) groups is 1. The fourth-order valence-electron chi connectivity index (χ4n) is 2.13. The summed E-state index contributed by atoms with van der Waals surface area (Å²) in [5, 5.41) is 0.609. The van der Waals surface area contributed by atoms with Gasteiger partial charge in [0.15, 0.2) is 5.76 Å². The van der Waals surface area contributed by atoms with Crippen LogP contribution in [0.2, 0.25) is 0 Å². The largest absolute Gasteiger partial charge is 0.453 e. The van der Waals surface area contributed by atoms with Crippen LogP contribution < -0.4 is 0 Å². The average Bonchev–Trinajstić information content (AvgIpc) is 2.84. The van der Waals surface area contributed by atoms with Crippen molar-refractivity contribution in [1.29, 1.82) is 0 Å². The van der Waals surface area contributed by atoms with E-state index < -0.39 is 0 Å². The normalized spacial score (nSPS) is 10.9. The first kappa shape index (κ1) is 12.6. The molecule has 0 saturated carbocycles. The molecular formula is C17H13FO2. The Morgan fingerprint density at radius 3 is 2.60 bits per heavy atom. The van der Waals surface area contributed by atoms with E-state index in [1.165, 1.54) is 18.2 Å². The van der Waals surface area contributed by atoms with Crippen LogP contribution in [-0.4, -0.2) is 5.78 Å². The molecule has 2 aromatic carbocycles. The predicted molar refractivity (Wildman–Crippen MR) is 75.4 cm³/mol. The molecule has 0 bridgehead atoms. The van der Waals surface area contributed by atoms with Gasteiger partial charge in [-0.1, -0.05) is 29.8 Å². The van der Waals surface area contributed by atoms with Crippen molar-refractivity contribution in [3.63, 3.8) is 0 Å². The first-order chi connectivity index (χ1) is 9.61. The summed E-state index contributed by atoms with van der Waals surface area (Å²) >= 11 is 0. The van der Waals surface area contributed by atoms with Gasteiger partial charge in [-0.2, -0.15) is 0 Å². The highest BCUT2D eigenvalue weighted by molar-refractivity contribution is 5.98. The molecule has 0 atom stereocenters. The van der Waals surface area contributed by atoms with Gasteiger partial charge in [0.1, 0.15) is 11.4 Å². The number of hydrogen-bond donors (Lipinski definition) is 0.